The quantitative estimate of drug-likeness (QED) is 0.690. The van der Waals surface area contributed by atoms with Crippen LogP contribution in [0.4, 0.5) is 0 Å². The number of ether oxygens (including phenoxy) is 2. The summed E-state index contributed by atoms with van der Waals surface area (Å²) in [5.74, 6) is 1.26. The first kappa shape index (κ1) is 12.1. The molecule has 0 atom stereocenters. The molecule has 0 amide bonds. The fourth-order valence-electron chi connectivity index (χ4n) is 1.23. The molecule has 0 unspecified atom stereocenters. The summed E-state index contributed by atoms with van der Waals surface area (Å²) < 4.78 is 12.0. The van der Waals surface area contributed by atoms with Gasteiger partial charge in [-0.25, -0.2) is 0 Å². The van der Waals surface area contributed by atoms with Gasteiger partial charge in [0.05, 0.1) is 6.61 Å². The van der Waals surface area contributed by atoms with Crippen LogP contribution in [0.25, 0.3) is 0 Å². The van der Waals surface area contributed by atoms with E-state index in [2.05, 4.69) is 10.2 Å². The summed E-state index contributed by atoms with van der Waals surface area (Å²) in [6.07, 6.45) is 0. The first-order chi connectivity index (χ1) is 7.33. The van der Waals surface area contributed by atoms with Gasteiger partial charge in [-0.2, -0.15) is 0 Å². The van der Waals surface area contributed by atoms with Crippen LogP contribution in [0.3, 0.4) is 0 Å². The Balaban J connectivity index is 2.70. The molecule has 1 aromatic heterocycles. The van der Waals surface area contributed by atoms with Gasteiger partial charge in [0.25, 0.3) is 0 Å². The smallest absolute Gasteiger partial charge is 0.159 e. The zero-order valence-electron chi connectivity index (χ0n) is 9.14. The Morgan fingerprint density at radius 1 is 1.33 bits per heavy atom. The van der Waals surface area contributed by atoms with Crippen molar-refractivity contribution in [3.8, 4) is 0 Å². The predicted octanol–water partition coefficient (Wildman–Crippen LogP) is -0.0467. The highest BCUT2D eigenvalue weighted by atomic mass is 16.5. The Morgan fingerprint density at radius 3 is 2.67 bits per heavy atom. The van der Waals surface area contributed by atoms with E-state index in [1.807, 2.05) is 11.5 Å². The largest absolute Gasteiger partial charge is 0.388 e. The number of rotatable bonds is 7. The zero-order chi connectivity index (χ0) is 11.1. The summed E-state index contributed by atoms with van der Waals surface area (Å²) >= 11 is 0. The molecule has 1 rings (SSSR count). The molecule has 15 heavy (non-hydrogen) atoms. The molecule has 0 aliphatic heterocycles. The average molecular weight is 215 g/mol. The summed E-state index contributed by atoms with van der Waals surface area (Å²) in [5.41, 5.74) is 0. The molecule has 0 spiro atoms. The Kier molecular flexibility index (Phi) is 5.23. The Morgan fingerprint density at radius 2 is 2.07 bits per heavy atom. The first-order valence-corrected chi connectivity index (χ1v) is 4.92. The maximum absolute atomic E-state index is 9.05. The predicted molar refractivity (Wildman–Crippen MR) is 53.2 cm³/mol. The fraction of sp³-hybridized carbons (Fsp3) is 0.778. The highest BCUT2D eigenvalue weighted by Gasteiger charge is 2.10. The molecule has 0 aliphatic rings. The molecule has 0 fully saturated rings. The van der Waals surface area contributed by atoms with Gasteiger partial charge in [0.1, 0.15) is 13.2 Å². The maximum atomic E-state index is 9.05. The summed E-state index contributed by atoms with van der Waals surface area (Å²) in [7, 11) is 1.63. The van der Waals surface area contributed by atoms with Gasteiger partial charge in [-0.3, -0.25) is 0 Å². The van der Waals surface area contributed by atoms with Crippen LogP contribution in [0.1, 0.15) is 18.6 Å². The number of aliphatic hydroxyl groups is 1. The molecule has 0 saturated carbocycles. The van der Waals surface area contributed by atoms with Gasteiger partial charge in [-0.05, 0) is 6.92 Å². The van der Waals surface area contributed by atoms with Crippen molar-refractivity contribution >= 4 is 0 Å². The second-order valence-corrected chi connectivity index (χ2v) is 2.97. The number of hydrogen-bond acceptors (Lipinski definition) is 5. The SMILES string of the molecule is CCOCc1nnc(CO)n1CCOC. The van der Waals surface area contributed by atoms with Crippen molar-refractivity contribution in [1.29, 1.82) is 0 Å². The lowest BCUT2D eigenvalue weighted by Gasteiger charge is -2.08. The van der Waals surface area contributed by atoms with E-state index < -0.39 is 0 Å². The van der Waals surface area contributed by atoms with Crippen molar-refractivity contribution in [2.45, 2.75) is 26.7 Å². The fourth-order valence-corrected chi connectivity index (χ4v) is 1.23. The lowest BCUT2D eigenvalue weighted by atomic mass is 10.5. The third kappa shape index (κ3) is 3.26. The van der Waals surface area contributed by atoms with Crippen molar-refractivity contribution in [2.24, 2.45) is 0 Å². The van der Waals surface area contributed by atoms with E-state index in [1.54, 1.807) is 7.11 Å². The number of methoxy groups -OCH3 is 1. The van der Waals surface area contributed by atoms with E-state index in [0.29, 0.717) is 32.2 Å². The number of aliphatic hydroxyl groups excluding tert-OH is 1. The summed E-state index contributed by atoms with van der Waals surface area (Å²) in [4.78, 5) is 0. The third-order valence-electron chi connectivity index (χ3n) is 2.00. The van der Waals surface area contributed by atoms with Crippen molar-refractivity contribution in [3.63, 3.8) is 0 Å². The van der Waals surface area contributed by atoms with Gasteiger partial charge in [-0.1, -0.05) is 0 Å². The standard InChI is InChI=1S/C9H17N3O3/c1-3-15-7-9-11-10-8(6-13)12(9)4-5-14-2/h13H,3-7H2,1-2H3. The third-order valence-corrected chi connectivity index (χ3v) is 2.00. The molecule has 1 heterocycles. The number of aromatic nitrogens is 3. The van der Waals surface area contributed by atoms with Crippen molar-refractivity contribution in [2.75, 3.05) is 20.3 Å². The average Bonchev–Trinajstić information content (AvgIpc) is 2.65. The molecule has 0 radical (unpaired) electrons. The molecule has 1 aromatic rings. The van der Waals surface area contributed by atoms with E-state index in [0.717, 1.165) is 5.82 Å². The number of hydrogen-bond donors (Lipinski definition) is 1. The van der Waals surface area contributed by atoms with Crippen LogP contribution in [0.5, 0.6) is 0 Å². The Hall–Kier alpha value is -0.980. The minimum absolute atomic E-state index is 0.122. The van der Waals surface area contributed by atoms with Crippen LogP contribution < -0.4 is 0 Å². The first-order valence-electron chi connectivity index (χ1n) is 4.92. The van der Waals surface area contributed by atoms with E-state index in [-0.39, 0.29) is 6.61 Å². The van der Waals surface area contributed by atoms with Crippen molar-refractivity contribution in [3.05, 3.63) is 11.6 Å². The second-order valence-electron chi connectivity index (χ2n) is 2.97. The summed E-state index contributed by atoms with van der Waals surface area (Å²) in [6.45, 7) is 4.02. The van der Waals surface area contributed by atoms with Crippen LogP contribution >= 0.6 is 0 Å². The maximum Gasteiger partial charge on any atom is 0.159 e. The molecule has 0 bridgehead atoms. The van der Waals surface area contributed by atoms with Gasteiger partial charge < -0.3 is 19.1 Å². The molecule has 86 valence electrons. The van der Waals surface area contributed by atoms with Crippen LogP contribution in [0.2, 0.25) is 0 Å². The van der Waals surface area contributed by atoms with E-state index in [4.69, 9.17) is 14.6 Å². The number of nitrogens with zero attached hydrogens (tertiary/aromatic N) is 3. The molecule has 6 heteroatoms. The van der Waals surface area contributed by atoms with E-state index in [9.17, 15) is 0 Å². The lowest BCUT2D eigenvalue weighted by Crippen LogP contribution is -2.12. The normalized spacial score (nSPS) is 10.9. The lowest BCUT2D eigenvalue weighted by molar-refractivity contribution is 0.121. The van der Waals surface area contributed by atoms with Gasteiger partial charge in [0.15, 0.2) is 11.6 Å². The summed E-state index contributed by atoms with van der Waals surface area (Å²) in [6, 6.07) is 0. The monoisotopic (exact) mass is 215 g/mol. The van der Waals surface area contributed by atoms with Crippen LogP contribution in [0, 0.1) is 0 Å². The van der Waals surface area contributed by atoms with Gasteiger partial charge in [-0.15, -0.1) is 10.2 Å². The molecule has 0 saturated heterocycles. The minimum Gasteiger partial charge on any atom is -0.388 e. The van der Waals surface area contributed by atoms with Gasteiger partial charge >= 0.3 is 0 Å². The Bertz CT molecular complexity index is 288. The summed E-state index contributed by atoms with van der Waals surface area (Å²) in [5, 5.41) is 16.9. The highest BCUT2D eigenvalue weighted by Crippen LogP contribution is 2.04. The van der Waals surface area contributed by atoms with E-state index in [1.165, 1.54) is 0 Å². The second kappa shape index (κ2) is 6.49. The topological polar surface area (TPSA) is 69.4 Å². The van der Waals surface area contributed by atoms with Crippen LogP contribution in [0.15, 0.2) is 0 Å². The van der Waals surface area contributed by atoms with Gasteiger partial charge in [0, 0.05) is 20.3 Å². The molecular weight excluding hydrogens is 198 g/mol. The van der Waals surface area contributed by atoms with Crippen LogP contribution in [-0.2, 0) is 29.2 Å². The highest BCUT2D eigenvalue weighted by molar-refractivity contribution is 4.93. The zero-order valence-corrected chi connectivity index (χ0v) is 9.14. The van der Waals surface area contributed by atoms with Crippen molar-refractivity contribution < 1.29 is 14.6 Å². The molecular formula is C9H17N3O3. The molecule has 0 aliphatic carbocycles. The van der Waals surface area contributed by atoms with Crippen LogP contribution in [-0.4, -0.2) is 40.2 Å². The molecule has 6 nitrogen and oxygen atoms in total. The van der Waals surface area contributed by atoms with E-state index >= 15 is 0 Å². The van der Waals surface area contributed by atoms with Gasteiger partial charge in [0.2, 0.25) is 0 Å². The van der Waals surface area contributed by atoms with Crippen molar-refractivity contribution in [1.82, 2.24) is 14.8 Å². The molecule has 1 N–H and O–H groups in total. The molecule has 0 aromatic carbocycles. The minimum atomic E-state index is -0.122. The Labute approximate surface area is 88.8 Å².